The van der Waals surface area contributed by atoms with Gasteiger partial charge in [-0.3, -0.25) is 4.79 Å². The maximum Gasteiger partial charge on any atom is 0.221 e. The molecule has 6 N–H and O–H groups in total. The van der Waals surface area contributed by atoms with Crippen molar-refractivity contribution >= 4 is 57.7 Å². The molecule has 5 rings (SSSR count). The quantitative estimate of drug-likeness (QED) is 0.437. The molecule has 1 unspecified atom stereocenters. The van der Waals surface area contributed by atoms with Gasteiger partial charge in [-0.15, -0.1) is 11.3 Å². The number of nitrogens with zero attached hydrogens (tertiary/aromatic N) is 2. The molecule has 0 bridgehead atoms. The highest BCUT2D eigenvalue weighted by atomic mass is 35.5. The van der Waals surface area contributed by atoms with Crippen molar-refractivity contribution in [2.45, 2.75) is 29.7 Å². The van der Waals surface area contributed by atoms with E-state index in [0.717, 1.165) is 40.7 Å². The Morgan fingerprint density at radius 2 is 2.06 bits per heavy atom. The highest BCUT2D eigenvalue weighted by molar-refractivity contribution is 8.00. The van der Waals surface area contributed by atoms with Gasteiger partial charge < -0.3 is 25.9 Å². The number of benzene rings is 2. The fourth-order valence-electron chi connectivity index (χ4n) is 4.22. The summed E-state index contributed by atoms with van der Waals surface area (Å²) in [5.41, 5.74) is 3.48. The van der Waals surface area contributed by atoms with Gasteiger partial charge in [-0.25, -0.2) is 4.98 Å². The molecule has 0 radical (unpaired) electrons. The lowest BCUT2D eigenvalue weighted by Gasteiger charge is -2.20. The Balaban J connectivity index is 0.00000162. The minimum Gasteiger partial charge on any atom is -0.412 e. The molecule has 0 saturated carbocycles. The molecule has 10 heteroatoms. The number of aromatic nitrogens is 1. The normalized spacial score (nSPS) is 18.1. The number of fused-ring (bicyclic) bond motifs is 1. The van der Waals surface area contributed by atoms with E-state index in [1.807, 2.05) is 23.6 Å². The lowest BCUT2D eigenvalue weighted by molar-refractivity contribution is -0.121. The van der Waals surface area contributed by atoms with Gasteiger partial charge in [0.1, 0.15) is 0 Å². The summed E-state index contributed by atoms with van der Waals surface area (Å²) in [6.45, 7) is 1.77. The van der Waals surface area contributed by atoms with E-state index in [0.29, 0.717) is 11.4 Å². The summed E-state index contributed by atoms with van der Waals surface area (Å²) in [5.74, 6) is 0.198. The number of amides is 1. The molecule has 0 spiro atoms. The zero-order chi connectivity index (χ0) is 21.9. The fourth-order valence-corrected chi connectivity index (χ4v) is 5.62. The summed E-state index contributed by atoms with van der Waals surface area (Å²) in [5, 5.41) is 6.80. The van der Waals surface area contributed by atoms with Crippen molar-refractivity contribution < 1.29 is 18.6 Å². The molecule has 184 valence electrons. The van der Waals surface area contributed by atoms with E-state index in [1.54, 1.807) is 29.5 Å². The van der Waals surface area contributed by atoms with Crippen molar-refractivity contribution in [1.82, 2.24) is 10.3 Å². The number of hydrogen-bond donors (Lipinski definition) is 2. The summed E-state index contributed by atoms with van der Waals surface area (Å²) in [7, 11) is 0. The third-order valence-corrected chi connectivity index (χ3v) is 7.66. The summed E-state index contributed by atoms with van der Waals surface area (Å²) in [4.78, 5) is 20.4. The van der Waals surface area contributed by atoms with Crippen molar-refractivity contribution in [2.24, 2.45) is 0 Å². The minimum absolute atomic E-state index is 0. The van der Waals surface area contributed by atoms with Gasteiger partial charge in [0.15, 0.2) is 5.13 Å². The average molecular weight is 523 g/mol. The molecule has 1 aromatic heterocycles. The topological polar surface area (TPSA) is 120 Å². The van der Waals surface area contributed by atoms with E-state index in [-0.39, 0.29) is 31.7 Å². The minimum atomic E-state index is 0. The summed E-state index contributed by atoms with van der Waals surface area (Å²) in [6.07, 6.45) is 7.38. The van der Waals surface area contributed by atoms with E-state index in [2.05, 4.69) is 56.3 Å². The third kappa shape index (κ3) is 6.11. The summed E-state index contributed by atoms with van der Waals surface area (Å²) >= 11 is 9.29. The van der Waals surface area contributed by atoms with Gasteiger partial charge in [-0.05, 0) is 65.9 Å². The van der Waals surface area contributed by atoms with Crippen molar-refractivity contribution in [3.63, 3.8) is 0 Å². The number of carbonyl (C=O) groups is 1. The van der Waals surface area contributed by atoms with Gasteiger partial charge in [-0.1, -0.05) is 29.8 Å². The number of carbonyl (C=O) groups excluding carboxylic acids is 1. The van der Waals surface area contributed by atoms with Crippen molar-refractivity contribution in [1.29, 1.82) is 0 Å². The fraction of sp³-hybridized carbons (Fsp3) is 0.250. The van der Waals surface area contributed by atoms with Crippen LogP contribution in [0.25, 0.3) is 6.08 Å². The zero-order valence-electron chi connectivity index (χ0n) is 18.3. The Labute approximate surface area is 215 Å². The number of nitrogens with one attached hydrogen (secondary N) is 2. The van der Waals surface area contributed by atoms with Crippen molar-refractivity contribution in [2.75, 3.05) is 22.7 Å². The Morgan fingerprint density at radius 3 is 2.82 bits per heavy atom. The lowest BCUT2D eigenvalue weighted by Crippen LogP contribution is -2.37. The number of anilines is 2. The highest BCUT2D eigenvalue weighted by Gasteiger charge is 2.26. The Kier molecular flexibility index (Phi) is 8.98. The van der Waals surface area contributed by atoms with Crippen LogP contribution in [0.15, 0.2) is 65.0 Å². The number of hydrogen-bond acceptors (Lipinski definition) is 6. The summed E-state index contributed by atoms with van der Waals surface area (Å²) in [6, 6.07) is 14.6. The molecule has 34 heavy (non-hydrogen) atoms. The van der Waals surface area contributed by atoms with Crippen LogP contribution in [0.3, 0.4) is 0 Å². The molecule has 1 saturated heterocycles. The van der Waals surface area contributed by atoms with Crippen LogP contribution in [-0.2, 0) is 4.79 Å². The van der Waals surface area contributed by atoms with Crippen LogP contribution in [0.4, 0.5) is 10.8 Å². The van der Waals surface area contributed by atoms with E-state index in [4.69, 9.17) is 11.6 Å². The second kappa shape index (κ2) is 11.7. The number of thiazole rings is 1. The molecule has 2 aliphatic rings. The molecule has 1 aliphatic carbocycles. The van der Waals surface area contributed by atoms with Crippen LogP contribution in [-0.4, -0.2) is 41.0 Å². The van der Waals surface area contributed by atoms with E-state index in [1.165, 1.54) is 5.69 Å². The second-order valence-electron chi connectivity index (χ2n) is 7.98. The standard InChI is InChI=1S/C24H23ClN4OS2.2H2O.2H2/c25-18-4-3-16-1-2-17(22(16)14-18)13-23(30)27-19-9-11-29(15-19)20-5-7-21(8-6-20)32-28-24-26-10-12-31-24;;;;/h1-8,10,12,14,17,19H,9,11,13,15H2,(H,26,28)(H,27,30);2*1H2;2*1H/t17?,19-;;;;/m0..../s1. The molecule has 2 aromatic carbocycles. The molecule has 3 aromatic rings. The predicted octanol–water partition coefficient (Wildman–Crippen LogP) is 4.65. The van der Waals surface area contributed by atoms with Gasteiger partial charge >= 0.3 is 0 Å². The SMILES string of the molecule is O.O.O=C(CC1C=Cc2ccc(Cl)cc21)N[C@H]1CCN(c2ccc(SNc3nccs3)cc2)C1.[HH].[HH]. The number of allylic oxidation sites excluding steroid dienone is 1. The van der Waals surface area contributed by atoms with Crippen LogP contribution in [0.5, 0.6) is 0 Å². The first-order valence-electron chi connectivity index (χ1n) is 10.6. The molecule has 2 atom stereocenters. The molecule has 1 aliphatic heterocycles. The number of halogens is 1. The summed E-state index contributed by atoms with van der Waals surface area (Å²) < 4.78 is 3.25. The molecule has 1 amide bonds. The van der Waals surface area contributed by atoms with E-state index >= 15 is 0 Å². The van der Waals surface area contributed by atoms with Gasteiger partial charge in [0, 0.05) is 61.5 Å². The van der Waals surface area contributed by atoms with Gasteiger partial charge in [0.25, 0.3) is 0 Å². The first-order valence-corrected chi connectivity index (χ1v) is 12.7. The monoisotopic (exact) mass is 522 g/mol. The lowest BCUT2D eigenvalue weighted by atomic mass is 9.97. The molecule has 2 heterocycles. The third-order valence-electron chi connectivity index (χ3n) is 5.81. The van der Waals surface area contributed by atoms with Gasteiger partial charge in [0.05, 0.1) is 0 Å². The molecular weight excluding hydrogens is 492 g/mol. The smallest absolute Gasteiger partial charge is 0.221 e. The zero-order valence-corrected chi connectivity index (χ0v) is 20.7. The van der Waals surface area contributed by atoms with Gasteiger partial charge in [-0.2, -0.15) is 0 Å². The van der Waals surface area contributed by atoms with Crippen LogP contribution >= 0.6 is 34.9 Å². The maximum atomic E-state index is 12.7. The largest absolute Gasteiger partial charge is 0.412 e. The van der Waals surface area contributed by atoms with Crippen LogP contribution in [0, 0.1) is 0 Å². The Hall–Kier alpha value is -2.56. The Bertz CT molecular complexity index is 1140. The van der Waals surface area contributed by atoms with Crippen LogP contribution in [0.1, 0.15) is 32.7 Å². The second-order valence-corrected chi connectivity index (χ2v) is 10.2. The number of rotatable bonds is 7. The maximum absolute atomic E-state index is 12.7. The molecular formula is C24H31ClN4O3S2. The van der Waals surface area contributed by atoms with Crippen molar-refractivity contribution in [3.8, 4) is 0 Å². The average Bonchev–Trinajstić information content (AvgIpc) is 3.55. The predicted molar refractivity (Wildman–Crippen MR) is 146 cm³/mol. The van der Waals surface area contributed by atoms with E-state index in [9.17, 15) is 4.79 Å². The highest BCUT2D eigenvalue weighted by Crippen LogP contribution is 2.34. The van der Waals surface area contributed by atoms with Crippen molar-refractivity contribution in [3.05, 3.63) is 76.3 Å². The first kappa shape index (κ1) is 26.1. The van der Waals surface area contributed by atoms with Crippen LogP contribution in [0.2, 0.25) is 5.02 Å². The Morgan fingerprint density at radius 1 is 1.24 bits per heavy atom. The van der Waals surface area contributed by atoms with Gasteiger partial charge in [0.2, 0.25) is 5.91 Å². The van der Waals surface area contributed by atoms with Crippen LogP contribution < -0.4 is 14.9 Å². The first-order chi connectivity index (χ1) is 15.6. The molecule has 1 fully saturated rings. The molecule has 7 nitrogen and oxygen atoms in total. The van der Waals surface area contributed by atoms with E-state index < -0.39 is 0 Å².